The number of hydrogen-bond donors (Lipinski definition) is 2. The van der Waals surface area contributed by atoms with Crippen LogP contribution < -0.4 is 10.6 Å². The Morgan fingerprint density at radius 3 is 2.60 bits per heavy atom. The van der Waals surface area contributed by atoms with E-state index in [1.54, 1.807) is 4.90 Å². The van der Waals surface area contributed by atoms with Gasteiger partial charge < -0.3 is 20.6 Å². The third-order valence-corrected chi connectivity index (χ3v) is 4.74. The summed E-state index contributed by atoms with van der Waals surface area (Å²) in [6, 6.07) is 0. The monoisotopic (exact) mass is 298 g/mol. The third kappa shape index (κ3) is 3.04. The molecule has 0 atom stereocenters. The minimum absolute atomic E-state index is 0.0645. The van der Waals surface area contributed by atoms with Crippen LogP contribution in [0.3, 0.4) is 0 Å². The number of aliphatic hydroxyl groups is 1. The maximum absolute atomic E-state index is 12.5. The normalized spacial score (nSPS) is 16.4. The summed E-state index contributed by atoms with van der Waals surface area (Å²) in [5.41, 5.74) is 5.90. The second-order valence-corrected chi connectivity index (χ2v) is 5.88. The first-order chi connectivity index (χ1) is 9.56. The van der Waals surface area contributed by atoms with E-state index in [0.29, 0.717) is 36.6 Å². The molecule has 0 spiro atoms. The van der Waals surface area contributed by atoms with Gasteiger partial charge in [0, 0.05) is 26.2 Å². The van der Waals surface area contributed by atoms with Crippen LogP contribution in [0.1, 0.15) is 36.4 Å². The van der Waals surface area contributed by atoms with Gasteiger partial charge in [-0.25, -0.2) is 4.98 Å². The van der Waals surface area contributed by atoms with Crippen molar-refractivity contribution in [1.29, 1.82) is 0 Å². The van der Waals surface area contributed by atoms with Crippen LogP contribution >= 0.6 is 11.3 Å². The molecule has 1 aromatic heterocycles. The zero-order chi connectivity index (χ0) is 14.7. The van der Waals surface area contributed by atoms with Crippen LogP contribution in [-0.2, 0) is 0 Å². The lowest BCUT2D eigenvalue weighted by Gasteiger charge is -2.29. The summed E-state index contributed by atoms with van der Waals surface area (Å²) in [6.07, 6.45) is 0.977. The van der Waals surface area contributed by atoms with E-state index in [2.05, 4.69) is 23.7 Å². The predicted octanol–water partition coefficient (Wildman–Crippen LogP) is 1.17. The van der Waals surface area contributed by atoms with Crippen LogP contribution in [0.5, 0.6) is 0 Å². The highest BCUT2D eigenvalue weighted by Crippen LogP contribution is 2.29. The molecule has 1 fully saturated rings. The zero-order valence-corrected chi connectivity index (χ0v) is 12.8. The number of piperidine rings is 1. The molecule has 2 rings (SSSR count). The smallest absolute Gasteiger partial charge is 0.267 e. The molecule has 0 bridgehead atoms. The first-order valence-corrected chi connectivity index (χ1v) is 7.87. The first kappa shape index (κ1) is 15.1. The van der Waals surface area contributed by atoms with Crippen LogP contribution in [0.2, 0.25) is 0 Å². The summed E-state index contributed by atoms with van der Waals surface area (Å²) in [5, 5.41) is 10.3. The summed E-state index contributed by atoms with van der Waals surface area (Å²) in [6.45, 7) is 6.94. The molecule has 0 saturated carbocycles. The van der Waals surface area contributed by atoms with Crippen molar-refractivity contribution in [2.75, 3.05) is 36.8 Å². The van der Waals surface area contributed by atoms with Crippen LogP contribution in [-0.4, -0.2) is 53.2 Å². The Morgan fingerprint density at radius 2 is 2.05 bits per heavy atom. The highest BCUT2D eigenvalue weighted by atomic mass is 32.1. The molecule has 1 aromatic rings. The Morgan fingerprint density at radius 1 is 1.45 bits per heavy atom. The van der Waals surface area contributed by atoms with Crippen molar-refractivity contribution in [3.63, 3.8) is 0 Å². The van der Waals surface area contributed by atoms with Gasteiger partial charge in [-0.15, -0.1) is 0 Å². The van der Waals surface area contributed by atoms with E-state index < -0.39 is 0 Å². The number of aliphatic hydroxyl groups excluding tert-OH is 1. The number of thiazole rings is 1. The number of carbonyl (C=O) groups excluding carboxylic acids is 1. The highest BCUT2D eigenvalue weighted by Gasteiger charge is 2.26. The number of nitrogens with two attached hydrogens (primary N) is 1. The third-order valence-electron chi connectivity index (χ3n) is 3.62. The lowest BCUT2D eigenvalue weighted by atomic mass is 10.1. The van der Waals surface area contributed by atoms with Gasteiger partial charge in [-0.2, -0.15) is 0 Å². The van der Waals surface area contributed by atoms with Gasteiger partial charge in [-0.1, -0.05) is 11.3 Å². The van der Waals surface area contributed by atoms with Crippen LogP contribution in [0.25, 0.3) is 0 Å². The number of anilines is 2. The SMILES string of the molecule is CCN(CC)c1nc(N)c(C(=O)N2CCC(O)CC2)s1. The molecule has 1 saturated heterocycles. The molecule has 1 amide bonds. The van der Waals surface area contributed by atoms with Crippen LogP contribution in [0.15, 0.2) is 0 Å². The average molecular weight is 298 g/mol. The van der Waals surface area contributed by atoms with E-state index in [0.717, 1.165) is 18.2 Å². The molecule has 0 aromatic carbocycles. The Hall–Kier alpha value is -1.34. The molecule has 20 heavy (non-hydrogen) atoms. The lowest BCUT2D eigenvalue weighted by molar-refractivity contribution is 0.0551. The standard InChI is InChI=1S/C13H22N4O2S/c1-3-16(4-2)13-15-11(14)10(20-13)12(19)17-7-5-9(18)6-8-17/h9,18H,3-8,14H2,1-2H3. The number of amides is 1. The van der Waals surface area contributed by atoms with Gasteiger partial charge in [0.15, 0.2) is 5.13 Å². The van der Waals surface area contributed by atoms with Crippen molar-refractivity contribution in [2.45, 2.75) is 32.8 Å². The van der Waals surface area contributed by atoms with Crippen molar-refractivity contribution in [2.24, 2.45) is 0 Å². The van der Waals surface area contributed by atoms with E-state index in [-0.39, 0.29) is 12.0 Å². The van der Waals surface area contributed by atoms with Crippen LogP contribution in [0, 0.1) is 0 Å². The minimum atomic E-state index is -0.288. The molecule has 1 aliphatic rings. The Labute approximate surface area is 123 Å². The van der Waals surface area contributed by atoms with Crippen molar-refractivity contribution in [1.82, 2.24) is 9.88 Å². The molecule has 1 aliphatic heterocycles. The number of rotatable bonds is 4. The number of nitrogen functional groups attached to an aromatic ring is 1. The number of carbonyl (C=O) groups is 1. The summed E-state index contributed by atoms with van der Waals surface area (Å²) >= 11 is 1.36. The predicted molar refractivity (Wildman–Crippen MR) is 81.2 cm³/mol. The topological polar surface area (TPSA) is 82.7 Å². The lowest BCUT2D eigenvalue weighted by Crippen LogP contribution is -2.40. The van der Waals surface area contributed by atoms with Gasteiger partial charge in [-0.3, -0.25) is 4.79 Å². The second-order valence-electron chi connectivity index (χ2n) is 4.91. The second kappa shape index (κ2) is 6.41. The number of likely N-dealkylation sites (tertiary alicyclic amines) is 1. The fraction of sp³-hybridized carbons (Fsp3) is 0.692. The van der Waals surface area contributed by atoms with E-state index >= 15 is 0 Å². The molecule has 112 valence electrons. The number of hydrogen-bond acceptors (Lipinski definition) is 6. The molecule has 6 nitrogen and oxygen atoms in total. The quantitative estimate of drug-likeness (QED) is 0.872. The van der Waals surface area contributed by atoms with Crippen molar-refractivity contribution in [3.05, 3.63) is 4.88 Å². The highest BCUT2D eigenvalue weighted by molar-refractivity contribution is 7.18. The molecule has 3 N–H and O–H groups in total. The summed E-state index contributed by atoms with van der Waals surface area (Å²) in [7, 11) is 0. The van der Waals surface area contributed by atoms with Gasteiger partial charge in [0.2, 0.25) is 0 Å². The molecular formula is C13H22N4O2S. The van der Waals surface area contributed by atoms with Gasteiger partial charge in [-0.05, 0) is 26.7 Å². The van der Waals surface area contributed by atoms with E-state index in [4.69, 9.17) is 5.73 Å². The maximum Gasteiger partial charge on any atom is 0.267 e. The molecule has 2 heterocycles. The van der Waals surface area contributed by atoms with Gasteiger partial charge in [0.05, 0.1) is 6.10 Å². The van der Waals surface area contributed by atoms with Crippen molar-refractivity contribution in [3.8, 4) is 0 Å². The van der Waals surface area contributed by atoms with Crippen LogP contribution in [0.4, 0.5) is 10.9 Å². The first-order valence-electron chi connectivity index (χ1n) is 7.05. The Bertz CT molecular complexity index is 465. The maximum atomic E-state index is 12.5. The molecule has 0 unspecified atom stereocenters. The number of nitrogens with zero attached hydrogens (tertiary/aromatic N) is 3. The average Bonchev–Trinajstić information content (AvgIpc) is 2.82. The summed E-state index contributed by atoms with van der Waals surface area (Å²) in [5.74, 6) is 0.248. The Balaban J connectivity index is 2.14. The van der Waals surface area contributed by atoms with Gasteiger partial charge >= 0.3 is 0 Å². The fourth-order valence-electron chi connectivity index (χ4n) is 2.32. The number of aromatic nitrogens is 1. The van der Waals surface area contributed by atoms with Gasteiger partial charge in [0.1, 0.15) is 10.7 Å². The molecular weight excluding hydrogens is 276 g/mol. The van der Waals surface area contributed by atoms with E-state index in [1.807, 2.05) is 0 Å². The van der Waals surface area contributed by atoms with Gasteiger partial charge in [0.25, 0.3) is 5.91 Å². The fourth-order valence-corrected chi connectivity index (χ4v) is 3.40. The molecule has 7 heteroatoms. The summed E-state index contributed by atoms with van der Waals surface area (Å²) in [4.78, 5) is 21.1. The zero-order valence-electron chi connectivity index (χ0n) is 12.0. The summed E-state index contributed by atoms with van der Waals surface area (Å²) < 4.78 is 0. The molecule has 0 aliphatic carbocycles. The van der Waals surface area contributed by atoms with Crippen molar-refractivity contribution >= 4 is 28.2 Å². The van der Waals surface area contributed by atoms with E-state index in [1.165, 1.54) is 11.3 Å². The largest absolute Gasteiger partial charge is 0.393 e. The van der Waals surface area contributed by atoms with Crippen molar-refractivity contribution < 1.29 is 9.90 Å². The molecule has 0 radical (unpaired) electrons. The van der Waals surface area contributed by atoms with E-state index in [9.17, 15) is 9.90 Å². The Kier molecular flexibility index (Phi) is 4.82. The minimum Gasteiger partial charge on any atom is -0.393 e.